The highest BCUT2D eigenvalue weighted by atomic mass is 79.9. The van der Waals surface area contributed by atoms with Crippen molar-refractivity contribution >= 4 is 22.7 Å². The zero-order chi connectivity index (χ0) is 22.2. The summed E-state index contributed by atoms with van der Waals surface area (Å²) in [5.74, 6) is 1.12. The normalized spacial score (nSPS) is 28.0. The van der Waals surface area contributed by atoms with Gasteiger partial charge in [0.1, 0.15) is 23.9 Å². The zero-order valence-corrected chi connectivity index (χ0v) is 18.7. The number of nitrogens with two attached hydrogens (primary N) is 1. The maximum atomic E-state index is 12.2. The number of benzene rings is 3. The molecule has 6 heteroatoms. The first-order valence-corrected chi connectivity index (χ1v) is 10.7. The number of aliphatic hydroxyl groups is 1. The number of carbonyl (C=O) groups is 1. The second-order valence-corrected chi connectivity index (χ2v) is 8.74. The summed E-state index contributed by atoms with van der Waals surface area (Å²) in [5, 5.41) is 12.2. The summed E-state index contributed by atoms with van der Waals surface area (Å²) in [6, 6.07) is 23.4. The van der Waals surface area contributed by atoms with Gasteiger partial charge in [-0.1, -0.05) is 58.4 Å². The van der Waals surface area contributed by atoms with Crippen LogP contribution in [0.3, 0.4) is 0 Å². The van der Waals surface area contributed by atoms with Gasteiger partial charge in [0.25, 0.3) is 0 Å². The Hall–Kier alpha value is -2.67. The third-order valence-corrected chi connectivity index (χ3v) is 6.88. The fraction of sp³-hybridized carbons (Fsp3) is 0.240. The molecule has 160 valence electrons. The predicted octanol–water partition coefficient (Wildman–Crippen LogP) is 4.26. The summed E-state index contributed by atoms with van der Waals surface area (Å²) < 4.78 is 13.1. The van der Waals surface area contributed by atoms with E-state index >= 15 is 0 Å². The highest BCUT2D eigenvalue weighted by Crippen LogP contribution is 2.66. The molecule has 5 rings (SSSR count). The van der Waals surface area contributed by atoms with E-state index in [1.54, 1.807) is 7.11 Å². The van der Waals surface area contributed by atoms with E-state index in [2.05, 4.69) is 28.1 Å². The molecule has 2 aliphatic rings. The Morgan fingerprint density at radius 2 is 1.77 bits per heavy atom. The first kappa shape index (κ1) is 21.6. The summed E-state index contributed by atoms with van der Waals surface area (Å²) in [7, 11) is 1.62. The van der Waals surface area contributed by atoms with Crippen molar-refractivity contribution in [3.05, 3.63) is 94.0 Å². The molecule has 0 spiro atoms. The number of hydrogen-bond acceptors (Lipinski definition) is 5. The summed E-state index contributed by atoms with van der Waals surface area (Å²) in [4.78, 5) is 8.00. The Bertz CT molecular complexity index is 1070. The molecule has 0 aromatic heterocycles. The third kappa shape index (κ3) is 3.09. The first-order chi connectivity index (χ1) is 15.0. The van der Waals surface area contributed by atoms with Crippen LogP contribution in [0.4, 0.5) is 0 Å². The summed E-state index contributed by atoms with van der Waals surface area (Å²) in [5.41, 5.74) is 7.12. The smallest absolute Gasteiger partial charge is 0.175 e. The molecule has 1 heterocycles. The molecular formula is C25H24BrNO4. The molecule has 4 atom stereocenters. The second kappa shape index (κ2) is 8.11. The van der Waals surface area contributed by atoms with Gasteiger partial charge >= 0.3 is 0 Å². The van der Waals surface area contributed by atoms with Crippen molar-refractivity contribution in [2.45, 2.75) is 29.6 Å². The molecule has 1 saturated carbocycles. The van der Waals surface area contributed by atoms with Crippen molar-refractivity contribution in [1.82, 2.24) is 0 Å². The SMILES string of the molecule is C=O.COc1ccc2c(c1)O[C@@]1(c3ccc(Br)cc3)C(c3ccccc3)C(N)CC21O. The van der Waals surface area contributed by atoms with E-state index in [0.717, 1.165) is 21.2 Å². The molecule has 0 amide bonds. The van der Waals surface area contributed by atoms with Gasteiger partial charge in [0.15, 0.2) is 5.60 Å². The van der Waals surface area contributed by atoms with E-state index in [1.165, 1.54) is 0 Å². The Balaban J connectivity index is 0.00000112. The van der Waals surface area contributed by atoms with Crippen LogP contribution in [0.5, 0.6) is 11.5 Å². The molecule has 3 aromatic rings. The van der Waals surface area contributed by atoms with Crippen LogP contribution in [0.1, 0.15) is 29.0 Å². The summed E-state index contributed by atoms with van der Waals surface area (Å²) in [6.07, 6.45) is 0.405. The lowest BCUT2D eigenvalue weighted by molar-refractivity contribution is -0.105. The standard InChI is InChI=1S/C24H22BrNO3.CH2O/c1-28-18-11-12-19-21(13-18)29-24(16-7-9-17(25)10-8-16)22(15-5-3-2-4-6-15)20(26)14-23(19,24)27;1-2/h2-13,20,22,27H,14,26H2,1H3;1H2/t20?,22?,23?,24-;/m0./s1. The van der Waals surface area contributed by atoms with E-state index in [1.807, 2.05) is 67.5 Å². The van der Waals surface area contributed by atoms with Crippen LogP contribution in [0.2, 0.25) is 0 Å². The number of methoxy groups -OCH3 is 1. The number of hydrogen-bond donors (Lipinski definition) is 2. The van der Waals surface area contributed by atoms with Crippen molar-refractivity contribution in [1.29, 1.82) is 0 Å². The fourth-order valence-corrected chi connectivity index (χ4v) is 5.44. The lowest BCUT2D eigenvalue weighted by atomic mass is 9.71. The van der Waals surface area contributed by atoms with Gasteiger partial charge in [-0.05, 0) is 35.4 Å². The van der Waals surface area contributed by atoms with Crippen molar-refractivity contribution in [3.8, 4) is 11.5 Å². The van der Waals surface area contributed by atoms with Crippen molar-refractivity contribution in [2.75, 3.05) is 7.11 Å². The van der Waals surface area contributed by atoms with Crippen LogP contribution >= 0.6 is 15.9 Å². The Labute approximate surface area is 189 Å². The van der Waals surface area contributed by atoms with Crippen LogP contribution in [-0.2, 0) is 16.0 Å². The summed E-state index contributed by atoms with van der Waals surface area (Å²) in [6.45, 7) is 2.00. The monoisotopic (exact) mass is 481 g/mol. The molecule has 31 heavy (non-hydrogen) atoms. The largest absolute Gasteiger partial charge is 0.497 e. The quantitative estimate of drug-likeness (QED) is 0.583. The molecule has 3 aromatic carbocycles. The van der Waals surface area contributed by atoms with Crippen LogP contribution in [0.25, 0.3) is 0 Å². The van der Waals surface area contributed by atoms with E-state index in [4.69, 9.17) is 20.0 Å². The van der Waals surface area contributed by atoms with Crippen LogP contribution < -0.4 is 15.2 Å². The maximum Gasteiger partial charge on any atom is 0.175 e. The van der Waals surface area contributed by atoms with E-state index < -0.39 is 11.2 Å². The van der Waals surface area contributed by atoms with E-state index in [0.29, 0.717) is 17.9 Å². The van der Waals surface area contributed by atoms with Gasteiger partial charge in [-0.15, -0.1) is 0 Å². The lowest BCUT2D eigenvalue weighted by Crippen LogP contribution is -2.48. The number of rotatable bonds is 3. The van der Waals surface area contributed by atoms with Crippen LogP contribution in [0, 0.1) is 0 Å². The van der Waals surface area contributed by atoms with Gasteiger partial charge in [0.05, 0.1) is 7.11 Å². The van der Waals surface area contributed by atoms with Crippen molar-refractivity contribution in [3.63, 3.8) is 0 Å². The molecule has 0 saturated heterocycles. The number of ether oxygens (including phenoxy) is 2. The number of halogens is 1. The number of fused-ring (bicyclic) bond motifs is 3. The minimum absolute atomic E-state index is 0.215. The number of carbonyl (C=O) groups excluding carboxylic acids is 1. The molecule has 1 aliphatic heterocycles. The van der Waals surface area contributed by atoms with Gasteiger partial charge in [-0.25, -0.2) is 0 Å². The molecule has 3 N–H and O–H groups in total. The zero-order valence-electron chi connectivity index (χ0n) is 17.1. The van der Waals surface area contributed by atoms with Gasteiger partial charge in [-0.3, -0.25) is 0 Å². The van der Waals surface area contributed by atoms with Crippen molar-refractivity contribution in [2.24, 2.45) is 5.73 Å². The molecular weight excluding hydrogens is 458 g/mol. The third-order valence-electron chi connectivity index (χ3n) is 6.35. The Morgan fingerprint density at radius 1 is 1.10 bits per heavy atom. The highest BCUT2D eigenvalue weighted by Gasteiger charge is 2.70. The van der Waals surface area contributed by atoms with Gasteiger partial charge in [0.2, 0.25) is 0 Å². The average Bonchev–Trinajstić information content (AvgIpc) is 3.17. The predicted molar refractivity (Wildman–Crippen MR) is 122 cm³/mol. The van der Waals surface area contributed by atoms with Crippen molar-refractivity contribution < 1.29 is 19.4 Å². The molecule has 5 nitrogen and oxygen atoms in total. The maximum absolute atomic E-state index is 12.2. The highest BCUT2D eigenvalue weighted by molar-refractivity contribution is 9.10. The first-order valence-electron chi connectivity index (χ1n) is 9.95. The lowest BCUT2D eigenvalue weighted by Gasteiger charge is -2.40. The topological polar surface area (TPSA) is 81.8 Å². The Kier molecular flexibility index (Phi) is 5.64. The molecule has 0 radical (unpaired) electrons. The van der Waals surface area contributed by atoms with Gasteiger partial charge < -0.3 is 25.1 Å². The Morgan fingerprint density at radius 3 is 2.42 bits per heavy atom. The van der Waals surface area contributed by atoms with Crippen LogP contribution in [-0.4, -0.2) is 25.0 Å². The molecule has 3 unspecified atom stereocenters. The van der Waals surface area contributed by atoms with E-state index in [9.17, 15) is 5.11 Å². The van der Waals surface area contributed by atoms with Crippen LogP contribution in [0.15, 0.2) is 77.3 Å². The summed E-state index contributed by atoms with van der Waals surface area (Å²) >= 11 is 3.51. The average molecular weight is 482 g/mol. The van der Waals surface area contributed by atoms with E-state index in [-0.39, 0.29) is 12.0 Å². The molecule has 0 bridgehead atoms. The molecule has 1 fully saturated rings. The minimum Gasteiger partial charge on any atom is -0.497 e. The second-order valence-electron chi connectivity index (χ2n) is 7.82. The molecule has 1 aliphatic carbocycles. The minimum atomic E-state index is -1.25. The van der Waals surface area contributed by atoms with Gasteiger partial charge in [-0.2, -0.15) is 0 Å². The van der Waals surface area contributed by atoms with Gasteiger partial charge in [0, 0.05) is 34.5 Å². The fourth-order valence-electron chi connectivity index (χ4n) is 5.17.